The minimum absolute atomic E-state index is 0.120. The number of pyridine rings is 2. The maximum absolute atomic E-state index is 13.0. The highest BCUT2D eigenvalue weighted by Crippen LogP contribution is 2.22. The summed E-state index contributed by atoms with van der Waals surface area (Å²) >= 11 is 0. The van der Waals surface area contributed by atoms with E-state index in [0.29, 0.717) is 40.9 Å². The number of carbonyl (C=O) groups excluding carboxylic acids is 1. The number of anilines is 1. The molecule has 4 rings (SSSR count). The van der Waals surface area contributed by atoms with Gasteiger partial charge in [-0.15, -0.1) is 0 Å². The summed E-state index contributed by atoms with van der Waals surface area (Å²) < 4.78 is 7.10. The molecule has 6 heteroatoms. The highest BCUT2D eigenvalue weighted by atomic mass is 16.5. The summed E-state index contributed by atoms with van der Waals surface area (Å²) in [6.45, 7) is 2.85. The standard InChI is InChI=1S/C24H21N3O3/c1-2-30-19-8-3-7-18(14-19)23(28)26-22-10-4-9-21-20(22)11-13-27(24(21)29)16-17-6-5-12-25-15-17/h3-15H,2,16H2,1H3,(H,26,28). The van der Waals surface area contributed by atoms with Gasteiger partial charge in [-0.2, -0.15) is 0 Å². The second-order valence-corrected chi connectivity index (χ2v) is 6.79. The molecule has 0 atom stereocenters. The molecule has 0 saturated heterocycles. The molecule has 1 amide bonds. The Hall–Kier alpha value is -3.93. The molecule has 4 aromatic rings. The molecular formula is C24H21N3O3. The van der Waals surface area contributed by atoms with Gasteiger partial charge in [0.15, 0.2) is 0 Å². The summed E-state index contributed by atoms with van der Waals surface area (Å²) in [4.78, 5) is 29.8. The highest BCUT2D eigenvalue weighted by Gasteiger charge is 2.12. The van der Waals surface area contributed by atoms with E-state index in [4.69, 9.17) is 4.74 Å². The van der Waals surface area contributed by atoms with Gasteiger partial charge in [-0.1, -0.05) is 18.2 Å². The molecule has 2 aromatic heterocycles. The Morgan fingerprint density at radius 3 is 2.73 bits per heavy atom. The zero-order valence-corrected chi connectivity index (χ0v) is 16.5. The lowest BCUT2D eigenvalue weighted by Gasteiger charge is -2.12. The predicted molar refractivity (Wildman–Crippen MR) is 117 cm³/mol. The van der Waals surface area contributed by atoms with Crippen LogP contribution in [0, 0.1) is 0 Å². The normalized spacial score (nSPS) is 10.7. The fraction of sp³-hybridized carbons (Fsp3) is 0.125. The molecular weight excluding hydrogens is 378 g/mol. The van der Waals surface area contributed by atoms with E-state index in [9.17, 15) is 9.59 Å². The number of nitrogens with zero attached hydrogens (tertiary/aromatic N) is 2. The number of hydrogen-bond acceptors (Lipinski definition) is 4. The van der Waals surface area contributed by atoms with Gasteiger partial charge in [0.1, 0.15) is 5.75 Å². The maximum Gasteiger partial charge on any atom is 0.258 e. The number of nitrogens with one attached hydrogen (secondary N) is 1. The number of fused-ring (bicyclic) bond motifs is 1. The summed E-state index contributed by atoms with van der Waals surface area (Å²) in [5, 5.41) is 4.15. The van der Waals surface area contributed by atoms with Crippen molar-refractivity contribution >= 4 is 22.4 Å². The Bertz CT molecular complexity index is 1250. The smallest absolute Gasteiger partial charge is 0.258 e. The average Bonchev–Trinajstić information content (AvgIpc) is 2.77. The van der Waals surface area contributed by atoms with Gasteiger partial charge in [0.05, 0.1) is 13.2 Å². The number of rotatable bonds is 6. The van der Waals surface area contributed by atoms with E-state index in [1.807, 2.05) is 31.2 Å². The molecule has 0 aliphatic rings. The van der Waals surface area contributed by atoms with E-state index in [1.54, 1.807) is 59.6 Å². The fourth-order valence-electron chi connectivity index (χ4n) is 3.33. The van der Waals surface area contributed by atoms with Crippen molar-refractivity contribution in [3.05, 3.63) is 101 Å². The number of aromatic nitrogens is 2. The van der Waals surface area contributed by atoms with Gasteiger partial charge in [-0.3, -0.25) is 14.6 Å². The molecule has 0 aliphatic carbocycles. The third-order valence-corrected chi connectivity index (χ3v) is 4.75. The van der Waals surface area contributed by atoms with Crippen molar-refractivity contribution in [1.82, 2.24) is 9.55 Å². The topological polar surface area (TPSA) is 73.2 Å². The van der Waals surface area contributed by atoms with Crippen LogP contribution >= 0.6 is 0 Å². The van der Waals surface area contributed by atoms with Crippen LogP contribution in [0.3, 0.4) is 0 Å². The molecule has 0 unspecified atom stereocenters. The molecule has 30 heavy (non-hydrogen) atoms. The third kappa shape index (κ3) is 4.07. The van der Waals surface area contributed by atoms with Gasteiger partial charge in [-0.25, -0.2) is 0 Å². The molecule has 2 aromatic carbocycles. The molecule has 1 N–H and O–H groups in total. The monoisotopic (exact) mass is 399 g/mol. The van der Waals surface area contributed by atoms with Crippen molar-refractivity contribution in [3.8, 4) is 5.75 Å². The van der Waals surface area contributed by atoms with Gasteiger partial charge in [-0.05, 0) is 55.0 Å². The van der Waals surface area contributed by atoms with E-state index in [0.717, 1.165) is 5.56 Å². The van der Waals surface area contributed by atoms with E-state index in [1.165, 1.54) is 0 Å². The highest BCUT2D eigenvalue weighted by molar-refractivity contribution is 6.09. The summed E-state index contributed by atoms with van der Waals surface area (Å²) in [7, 11) is 0. The summed E-state index contributed by atoms with van der Waals surface area (Å²) in [5.41, 5.74) is 1.90. The van der Waals surface area contributed by atoms with Gasteiger partial charge in [0.25, 0.3) is 11.5 Å². The second-order valence-electron chi connectivity index (χ2n) is 6.79. The molecule has 6 nitrogen and oxygen atoms in total. The van der Waals surface area contributed by atoms with Crippen LogP contribution in [0.5, 0.6) is 5.75 Å². The predicted octanol–water partition coefficient (Wildman–Crippen LogP) is 4.10. The van der Waals surface area contributed by atoms with Crippen LogP contribution in [0.1, 0.15) is 22.8 Å². The first-order valence-corrected chi connectivity index (χ1v) is 9.71. The van der Waals surface area contributed by atoms with Crippen molar-refractivity contribution in [1.29, 1.82) is 0 Å². The van der Waals surface area contributed by atoms with Crippen molar-refractivity contribution < 1.29 is 9.53 Å². The van der Waals surface area contributed by atoms with Crippen molar-refractivity contribution in [2.24, 2.45) is 0 Å². The largest absolute Gasteiger partial charge is 0.494 e. The average molecular weight is 399 g/mol. The Balaban J connectivity index is 1.64. The number of carbonyl (C=O) groups is 1. The summed E-state index contributed by atoms with van der Waals surface area (Å²) in [6, 6.07) is 18.0. The van der Waals surface area contributed by atoms with Crippen molar-refractivity contribution in [2.75, 3.05) is 11.9 Å². The molecule has 0 spiro atoms. The fourth-order valence-corrected chi connectivity index (χ4v) is 3.33. The lowest BCUT2D eigenvalue weighted by Crippen LogP contribution is -2.21. The van der Waals surface area contributed by atoms with Gasteiger partial charge >= 0.3 is 0 Å². The van der Waals surface area contributed by atoms with E-state index in [2.05, 4.69) is 10.3 Å². The molecule has 0 aliphatic heterocycles. The Morgan fingerprint density at radius 1 is 1.07 bits per heavy atom. The first-order chi connectivity index (χ1) is 14.7. The van der Waals surface area contributed by atoms with Crippen LogP contribution in [-0.2, 0) is 6.54 Å². The first kappa shape index (κ1) is 19.4. The molecule has 150 valence electrons. The minimum Gasteiger partial charge on any atom is -0.494 e. The molecule has 0 fully saturated rings. The Labute approximate surface area is 173 Å². The quantitative estimate of drug-likeness (QED) is 0.530. The van der Waals surface area contributed by atoms with Crippen LogP contribution in [-0.4, -0.2) is 22.1 Å². The van der Waals surface area contributed by atoms with E-state index in [-0.39, 0.29) is 11.5 Å². The lowest BCUT2D eigenvalue weighted by atomic mass is 10.1. The van der Waals surface area contributed by atoms with E-state index >= 15 is 0 Å². The van der Waals surface area contributed by atoms with Gasteiger partial charge in [0, 0.05) is 40.6 Å². The molecule has 0 bridgehead atoms. The van der Waals surface area contributed by atoms with E-state index < -0.39 is 0 Å². The molecule has 0 radical (unpaired) electrons. The third-order valence-electron chi connectivity index (χ3n) is 4.75. The number of benzene rings is 2. The number of ether oxygens (including phenoxy) is 1. The Kier molecular flexibility index (Phi) is 5.57. The maximum atomic E-state index is 13.0. The lowest BCUT2D eigenvalue weighted by molar-refractivity contribution is 0.102. The zero-order valence-electron chi connectivity index (χ0n) is 16.5. The summed E-state index contributed by atoms with van der Waals surface area (Å²) in [6.07, 6.45) is 5.18. The molecule has 0 saturated carbocycles. The zero-order chi connectivity index (χ0) is 20.9. The second kappa shape index (κ2) is 8.61. The van der Waals surface area contributed by atoms with Crippen LogP contribution < -0.4 is 15.6 Å². The molecule has 2 heterocycles. The van der Waals surface area contributed by atoms with Gasteiger partial charge < -0.3 is 14.6 Å². The van der Waals surface area contributed by atoms with Crippen LogP contribution in [0.2, 0.25) is 0 Å². The Morgan fingerprint density at radius 2 is 1.93 bits per heavy atom. The first-order valence-electron chi connectivity index (χ1n) is 9.71. The summed E-state index contributed by atoms with van der Waals surface area (Å²) in [5.74, 6) is 0.380. The van der Waals surface area contributed by atoms with Crippen LogP contribution in [0.25, 0.3) is 10.8 Å². The van der Waals surface area contributed by atoms with Crippen molar-refractivity contribution in [2.45, 2.75) is 13.5 Å². The number of hydrogen-bond donors (Lipinski definition) is 1. The van der Waals surface area contributed by atoms with Crippen LogP contribution in [0.4, 0.5) is 5.69 Å². The van der Waals surface area contributed by atoms with Crippen molar-refractivity contribution in [3.63, 3.8) is 0 Å². The van der Waals surface area contributed by atoms with Gasteiger partial charge in [0.2, 0.25) is 0 Å². The minimum atomic E-state index is -0.261. The SMILES string of the molecule is CCOc1cccc(C(=O)Nc2cccc3c(=O)n(Cc4cccnc4)ccc23)c1. The van der Waals surface area contributed by atoms with Crippen LogP contribution in [0.15, 0.2) is 84.0 Å². The number of amides is 1.